The van der Waals surface area contributed by atoms with Crippen LogP contribution in [0.4, 0.5) is 0 Å². The van der Waals surface area contributed by atoms with E-state index in [1.807, 2.05) is 30.3 Å². The maximum absolute atomic E-state index is 12.3. The van der Waals surface area contributed by atoms with Gasteiger partial charge in [-0.05, 0) is 18.4 Å². The Morgan fingerprint density at radius 2 is 2.10 bits per heavy atom. The van der Waals surface area contributed by atoms with Crippen LogP contribution < -0.4 is 5.32 Å². The highest BCUT2D eigenvalue weighted by atomic mass is 16.3. The van der Waals surface area contributed by atoms with Crippen molar-refractivity contribution in [3.63, 3.8) is 0 Å². The van der Waals surface area contributed by atoms with E-state index in [2.05, 4.69) is 5.32 Å². The Kier molecular flexibility index (Phi) is 5.33. The standard InChI is InChI=1S/C16H22N2O3/c1-12(20)18-9-5-8-14(10-18)16(21)17-15(11-19)13-6-3-2-4-7-13/h2-4,6-7,14-15,19H,5,8-11H2,1H3,(H,17,21). The molecule has 0 spiro atoms. The number of benzene rings is 1. The summed E-state index contributed by atoms with van der Waals surface area (Å²) in [6, 6.07) is 9.01. The molecule has 2 N–H and O–H groups in total. The first kappa shape index (κ1) is 15.5. The summed E-state index contributed by atoms with van der Waals surface area (Å²) < 4.78 is 0. The number of carbonyl (C=O) groups excluding carboxylic acids is 2. The first-order valence-electron chi connectivity index (χ1n) is 7.33. The first-order chi connectivity index (χ1) is 10.1. The SMILES string of the molecule is CC(=O)N1CCCC(C(=O)NC(CO)c2ccccc2)C1. The lowest BCUT2D eigenvalue weighted by molar-refractivity contribution is -0.134. The smallest absolute Gasteiger partial charge is 0.225 e. The van der Waals surface area contributed by atoms with Gasteiger partial charge in [-0.15, -0.1) is 0 Å². The molecule has 0 saturated carbocycles. The van der Waals surface area contributed by atoms with E-state index in [4.69, 9.17) is 0 Å². The second-order valence-corrected chi connectivity index (χ2v) is 5.46. The van der Waals surface area contributed by atoms with Gasteiger partial charge in [-0.3, -0.25) is 9.59 Å². The molecule has 1 heterocycles. The minimum atomic E-state index is -0.397. The Morgan fingerprint density at radius 1 is 1.38 bits per heavy atom. The van der Waals surface area contributed by atoms with Crippen LogP contribution in [0.5, 0.6) is 0 Å². The number of piperidine rings is 1. The third kappa shape index (κ3) is 4.04. The fraction of sp³-hybridized carbons (Fsp3) is 0.500. The van der Waals surface area contributed by atoms with Crippen molar-refractivity contribution >= 4 is 11.8 Å². The summed E-state index contributed by atoms with van der Waals surface area (Å²) in [5.74, 6) is -0.279. The molecule has 0 aromatic heterocycles. The van der Waals surface area contributed by atoms with E-state index < -0.39 is 6.04 Å². The Morgan fingerprint density at radius 3 is 2.71 bits per heavy atom. The zero-order chi connectivity index (χ0) is 15.2. The molecule has 2 amide bonds. The van der Waals surface area contributed by atoms with Gasteiger partial charge in [0.05, 0.1) is 18.6 Å². The van der Waals surface area contributed by atoms with Crippen molar-refractivity contribution in [3.8, 4) is 0 Å². The number of likely N-dealkylation sites (tertiary alicyclic amines) is 1. The molecule has 1 saturated heterocycles. The van der Waals surface area contributed by atoms with Gasteiger partial charge in [0, 0.05) is 20.0 Å². The predicted molar refractivity (Wildman–Crippen MR) is 79.4 cm³/mol. The van der Waals surface area contributed by atoms with Crippen molar-refractivity contribution in [1.29, 1.82) is 0 Å². The molecule has 0 aliphatic carbocycles. The highest BCUT2D eigenvalue weighted by Crippen LogP contribution is 2.19. The normalized spacial score (nSPS) is 19.9. The van der Waals surface area contributed by atoms with Crippen molar-refractivity contribution in [2.75, 3.05) is 19.7 Å². The Labute approximate surface area is 125 Å². The van der Waals surface area contributed by atoms with Crippen molar-refractivity contribution < 1.29 is 14.7 Å². The molecule has 1 fully saturated rings. The van der Waals surface area contributed by atoms with Crippen molar-refractivity contribution in [1.82, 2.24) is 10.2 Å². The molecule has 2 rings (SSSR count). The highest BCUT2D eigenvalue weighted by Gasteiger charge is 2.28. The van der Waals surface area contributed by atoms with Crippen LogP contribution in [0.2, 0.25) is 0 Å². The largest absolute Gasteiger partial charge is 0.394 e. The summed E-state index contributed by atoms with van der Waals surface area (Å²) in [4.78, 5) is 25.5. The number of nitrogens with one attached hydrogen (secondary N) is 1. The molecule has 0 radical (unpaired) electrons. The summed E-state index contributed by atoms with van der Waals surface area (Å²) in [7, 11) is 0. The average Bonchev–Trinajstić information content (AvgIpc) is 2.53. The minimum absolute atomic E-state index is 0.00858. The topological polar surface area (TPSA) is 69.6 Å². The summed E-state index contributed by atoms with van der Waals surface area (Å²) in [6.07, 6.45) is 1.62. The maximum Gasteiger partial charge on any atom is 0.225 e. The molecular weight excluding hydrogens is 268 g/mol. The van der Waals surface area contributed by atoms with Gasteiger partial charge in [-0.25, -0.2) is 0 Å². The van der Waals surface area contributed by atoms with Gasteiger partial charge < -0.3 is 15.3 Å². The third-order valence-corrected chi connectivity index (χ3v) is 3.94. The van der Waals surface area contributed by atoms with Gasteiger partial charge in [0.15, 0.2) is 0 Å². The number of aliphatic hydroxyl groups is 1. The molecule has 1 aliphatic rings. The van der Waals surface area contributed by atoms with Crippen LogP contribution >= 0.6 is 0 Å². The number of amides is 2. The van der Waals surface area contributed by atoms with E-state index >= 15 is 0 Å². The number of nitrogens with zero attached hydrogens (tertiary/aromatic N) is 1. The lowest BCUT2D eigenvalue weighted by atomic mass is 9.96. The molecule has 2 unspecified atom stereocenters. The number of carbonyl (C=O) groups is 2. The van der Waals surface area contributed by atoms with Crippen molar-refractivity contribution in [2.45, 2.75) is 25.8 Å². The first-order valence-corrected chi connectivity index (χ1v) is 7.33. The minimum Gasteiger partial charge on any atom is -0.394 e. The number of hydrogen-bond acceptors (Lipinski definition) is 3. The molecular formula is C16H22N2O3. The molecule has 21 heavy (non-hydrogen) atoms. The van der Waals surface area contributed by atoms with E-state index in [9.17, 15) is 14.7 Å². The second-order valence-electron chi connectivity index (χ2n) is 5.46. The summed E-state index contributed by atoms with van der Waals surface area (Å²) in [5, 5.41) is 12.4. The average molecular weight is 290 g/mol. The second kappa shape index (κ2) is 7.22. The fourth-order valence-electron chi connectivity index (χ4n) is 2.69. The lowest BCUT2D eigenvalue weighted by Gasteiger charge is -2.32. The van der Waals surface area contributed by atoms with Gasteiger partial charge in [0.2, 0.25) is 11.8 Å². The van der Waals surface area contributed by atoms with E-state index in [1.165, 1.54) is 6.92 Å². The van der Waals surface area contributed by atoms with Crippen molar-refractivity contribution in [3.05, 3.63) is 35.9 Å². The molecule has 2 atom stereocenters. The number of rotatable bonds is 4. The van der Waals surface area contributed by atoms with E-state index in [1.54, 1.807) is 4.90 Å². The number of aliphatic hydroxyl groups excluding tert-OH is 1. The molecule has 5 heteroatoms. The molecule has 114 valence electrons. The molecule has 1 aliphatic heterocycles. The summed E-state index contributed by atoms with van der Waals surface area (Å²) in [6.45, 7) is 2.58. The van der Waals surface area contributed by atoms with Gasteiger partial charge in [0.1, 0.15) is 0 Å². The monoisotopic (exact) mass is 290 g/mol. The van der Waals surface area contributed by atoms with Crippen LogP contribution in [0, 0.1) is 5.92 Å². The van der Waals surface area contributed by atoms with Gasteiger partial charge in [-0.2, -0.15) is 0 Å². The van der Waals surface area contributed by atoms with Crippen LogP contribution in [0.3, 0.4) is 0 Å². The molecule has 0 bridgehead atoms. The Hall–Kier alpha value is -1.88. The number of hydrogen-bond donors (Lipinski definition) is 2. The zero-order valence-electron chi connectivity index (χ0n) is 12.3. The Balaban J connectivity index is 1.98. The molecule has 1 aromatic carbocycles. The lowest BCUT2D eigenvalue weighted by Crippen LogP contribution is -2.45. The van der Waals surface area contributed by atoms with Crippen LogP contribution in [-0.2, 0) is 9.59 Å². The maximum atomic E-state index is 12.3. The van der Waals surface area contributed by atoms with Gasteiger partial charge in [0.25, 0.3) is 0 Å². The highest BCUT2D eigenvalue weighted by molar-refractivity contribution is 5.81. The van der Waals surface area contributed by atoms with E-state index in [0.29, 0.717) is 6.54 Å². The summed E-state index contributed by atoms with van der Waals surface area (Å²) >= 11 is 0. The van der Waals surface area contributed by atoms with Crippen LogP contribution in [0.15, 0.2) is 30.3 Å². The zero-order valence-corrected chi connectivity index (χ0v) is 12.3. The van der Waals surface area contributed by atoms with Gasteiger partial charge in [-0.1, -0.05) is 30.3 Å². The fourth-order valence-corrected chi connectivity index (χ4v) is 2.69. The van der Waals surface area contributed by atoms with Crippen molar-refractivity contribution in [2.24, 2.45) is 5.92 Å². The third-order valence-electron chi connectivity index (χ3n) is 3.94. The van der Waals surface area contributed by atoms with Gasteiger partial charge >= 0.3 is 0 Å². The molecule has 1 aromatic rings. The van der Waals surface area contributed by atoms with Crippen LogP contribution in [0.25, 0.3) is 0 Å². The summed E-state index contributed by atoms with van der Waals surface area (Å²) in [5.41, 5.74) is 0.882. The van der Waals surface area contributed by atoms with Crippen LogP contribution in [0.1, 0.15) is 31.4 Å². The molecule has 5 nitrogen and oxygen atoms in total. The quantitative estimate of drug-likeness (QED) is 0.872. The predicted octanol–water partition coefficient (Wildman–Crippen LogP) is 1.09. The van der Waals surface area contributed by atoms with E-state index in [-0.39, 0.29) is 24.3 Å². The Bertz CT molecular complexity index is 490. The van der Waals surface area contributed by atoms with E-state index in [0.717, 1.165) is 24.9 Å². The van der Waals surface area contributed by atoms with Crippen LogP contribution in [-0.4, -0.2) is 41.5 Å².